The smallest absolute Gasteiger partial charge is 0.103 e. The molecule has 0 atom stereocenters. The van der Waals surface area contributed by atoms with Gasteiger partial charge in [-0.25, -0.2) is 0 Å². The first kappa shape index (κ1) is 13.5. The lowest BCUT2D eigenvalue weighted by Gasteiger charge is -2.24. The minimum absolute atomic E-state index is 0.234. The molecule has 0 amide bonds. The number of aryl methyl sites for hydroxylation is 2. The zero-order valence-corrected chi connectivity index (χ0v) is 11.4. The quantitative estimate of drug-likeness (QED) is 0.863. The van der Waals surface area contributed by atoms with Crippen molar-refractivity contribution in [1.82, 2.24) is 4.98 Å². The number of anilines is 1. The second kappa shape index (κ2) is 5.18. The van der Waals surface area contributed by atoms with Crippen LogP contribution in [-0.4, -0.2) is 11.5 Å². The third-order valence-electron chi connectivity index (χ3n) is 3.15. The van der Waals surface area contributed by atoms with Gasteiger partial charge >= 0.3 is 0 Å². The Hall–Kier alpha value is -1.56. The molecule has 3 heteroatoms. The molecule has 0 radical (unpaired) electrons. The van der Waals surface area contributed by atoms with Crippen LogP contribution in [0.1, 0.15) is 44.1 Å². The molecule has 3 nitrogen and oxygen atoms in total. The SMILES string of the molecule is CCC(C)(C)CNc1cc(C)nc(C)c1C#N. The average molecular weight is 231 g/mol. The summed E-state index contributed by atoms with van der Waals surface area (Å²) in [7, 11) is 0. The lowest BCUT2D eigenvalue weighted by Crippen LogP contribution is -2.22. The van der Waals surface area contributed by atoms with Gasteiger partial charge in [-0.3, -0.25) is 4.98 Å². The van der Waals surface area contributed by atoms with Crippen molar-refractivity contribution in [3.05, 3.63) is 23.0 Å². The minimum Gasteiger partial charge on any atom is -0.383 e. The number of nitrogens with one attached hydrogen (secondary N) is 1. The number of rotatable bonds is 4. The number of hydrogen-bond acceptors (Lipinski definition) is 3. The van der Waals surface area contributed by atoms with Crippen molar-refractivity contribution in [3.63, 3.8) is 0 Å². The third kappa shape index (κ3) is 3.45. The van der Waals surface area contributed by atoms with E-state index >= 15 is 0 Å². The van der Waals surface area contributed by atoms with Gasteiger partial charge < -0.3 is 5.32 Å². The molecule has 0 aliphatic carbocycles. The molecule has 17 heavy (non-hydrogen) atoms. The maximum absolute atomic E-state index is 9.15. The van der Waals surface area contributed by atoms with Crippen molar-refractivity contribution in [2.45, 2.75) is 41.0 Å². The molecule has 1 aromatic rings. The first-order valence-electron chi connectivity index (χ1n) is 6.02. The Bertz CT molecular complexity index is 442. The second-order valence-electron chi connectivity index (χ2n) is 5.25. The van der Waals surface area contributed by atoms with Crippen molar-refractivity contribution in [3.8, 4) is 6.07 Å². The molecule has 1 heterocycles. The monoisotopic (exact) mass is 231 g/mol. The van der Waals surface area contributed by atoms with Crippen LogP contribution >= 0.6 is 0 Å². The van der Waals surface area contributed by atoms with E-state index in [1.54, 1.807) is 0 Å². The summed E-state index contributed by atoms with van der Waals surface area (Å²) in [5, 5.41) is 12.5. The Morgan fingerprint density at radius 3 is 2.59 bits per heavy atom. The van der Waals surface area contributed by atoms with Crippen LogP contribution in [-0.2, 0) is 0 Å². The first-order valence-corrected chi connectivity index (χ1v) is 6.02. The maximum atomic E-state index is 9.15. The third-order valence-corrected chi connectivity index (χ3v) is 3.15. The molecule has 0 fully saturated rings. The Kier molecular flexibility index (Phi) is 4.11. The van der Waals surface area contributed by atoms with Crippen molar-refractivity contribution >= 4 is 5.69 Å². The van der Waals surface area contributed by atoms with Crippen molar-refractivity contribution in [2.24, 2.45) is 5.41 Å². The standard InChI is InChI=1S/C14H21N3/c1-6-14(4,5)9-16-13-7-10(2)17-11(3)12(13)8-15/h7H,6,9H2,1-5H3,(H,16,17). The fraction of sp³-hybridized carbons (Fsp3) is 0.571. The van der Waals surface area contributed by atoms with Gasteiger partial charge in [-0.05, 0) is 31.7 Å². The number of hydrogen-bond donors (Lipinski definition) is 1. The van der Waals surface area contributed by atoms with Crippen LogP contribution in [0.2, 0.25) is 0 Å². The topological polar surface area (TPSA) is 48.7 Å². The van der Waals surface area contributed by atoms with Crippen LogP contribution in [0.3, 0.4) is 0 Å². The first-order chi connectivity index (χ1) is 7.89. The van der Waals surface area contributed by atoms with E-state index in [0.717, 1.165) is 30.0 Å². The highest BCUT2D eigenvalue weighted by atomic mass is 14.9. The summed E-state index contributed by atoms with van der Waals surface area (Å²) in [5.74, 6) is 0. The predicted octanol–water partition coefficient (Wildman–Crippen LogP) is 3.42. The number of nitriles is 1. The van der Waals surface area contributed by atoms with Crippen LogP contribution in [0.15, 0.2) is 6.07 Å². The summed E-state index contributed by atoms with van der Waals surface area (Å²) in [6.45, 7) is 11.3. The van der Waals surface area contributed by atoms with E-state index in [0.29, 0.717) is 5.56 Å². The van der Waals surface area contributed by atoms with Gasteiger partial charge in [0.1, 0.15) is 6.07 Å². The molecule has 0 saturated heterocycles. The molecular weight excluding hydrogens is 210 g/mol. The van der Waals surface area contributed by atoms with Crippen molar-refractivity contribution in [2.75, 3.05) is 11.9 Å². The molecule has 92 valence electrons. The van der Waals surface area contributed by atoms with Crippen LogP contribution in [0, 0.1) is 30.6 Å². The highest BCUT2D eigenvalue weighted by Gasteiger charge is 2.16. The minimum atomic E-state index is 0.234. The van der Waals surface area contributed by atoms with Crippen LogP contribution in [0.25, 0.3) is 0 Å². The summed E-state index contributed by atoms with van der Waals surface area (Å²) in [6.07, 6.45) is 1.10. The van der Waals surface area contributed by atoms with Gasteiger partial charge in [0, 0.05) is 12.2 Å². The highest BCUT2D eigenvalue weighted by Crippen LogP contribution is 2.23. The zero-order chi connectivity index (χ0) is 13.1. The summed E-state index contributed by atoms with van der Waals surface area (Å²) in [5.41, 5.74) is 3.53. The maximum Gasteiger partial charge on any atom is 0.103 e. The van der Waals surface area contributed by atoms with Gasteiger partial charge in [0.2, 0.25) is 0 Å². The molecule has 1 N–H and O–H groups in total. The number of aromatic nitrogens is 1. The van der Waals surface area contributed by atoms with E-state index in [4.69, 9.17) is 5.26 Å². The predicted molar refractivity (Wildman–Crippen MR) is 71.0 cm³/mol. The van der Waals surface area contributed by atoms with Gasteiger partial charge in [0.05, 0.1) is 16.9 Å². The Morgan fingerprint density at radius 2 is 2.06 bits per heavy atom. The van der Waals surface area contributed by atoms with Gasteiger partial charge in [-0.15, -0.1) is 0 Å². The van der Waals surface area contributed by atoms with E-state index in [2.05, 4.69) is 37.1 Å². The van der Waals surface area contributed by atoms with E-state index in [1.165, 1.54) is 0 Å². The van der Waals surface area contributed by atoms with Gasteiger partial charge in [0.25, 0.3) is 0 Å². The molecule has 1 aromatic heterocycles. The van der Waals surface area contributed by atoms with Crippen LogP contribution < -0.4 is 5.32 Å². The fourth-order valence-corrected chi connectivity index (χ4v) is 1.57. The fourth-order valence-electron chi connectivity index (χ4n) is 1.57. The second-order valence-corrected chi connectivity index (χ2v) is 5.25. The van der Waals surface area contributed by atoms with Gasteiger partial charge in [-0.2, -0.15) is 5.26 Å². The van der Waals surface area contributed by atoms with Crippen molar-refractivity contribution < 1.29 is 0 Å². The summed E-state index contributed by atoms with van der Waals surface area (Å²) in [6, 6.07) is 4.16. The Labute approximate surface area is 104 Å². The summed E-state index contributed by atoms with van der Waals surface area (Å²) in [4.78, 5) is 4.31. The lowest BCUT2D eigenvalue weighted by atomic mass is 9.90. The molecule has 0 spiro atoms. The normalized spacial score (nSPS) is 11.1. The largest absolute Gasteiger partial charge is 0.383 e. The van der Waals surface area contributed by atoms with Gasteiger partial charge in [-0.1, -0.05) is 20.8 Å². The van der Waals surface area contributed by atoms with E-state index in [-0.39, 0.29) is 5.41 Å². The zero-order valence-electron chi connectivity index (χ0n) is 11.4. The molecule has 0 bridgehead atoms. The Morgan fingerprint density at radius 1 is 1.41 bits per heavy atom. The molecule has 0 aliphatic rings. The van der Waals surface area contributed by atoms with Crippen LogP contribution in [0.4, 0.5) is 5.69 Å². The molecule has 0 saturated carbocycles. The van der Waals surface area contributed by atoms with E-state index in [9.17, 15) is 0 Å². The Balaban J connectivity index is 2.95. The molecule has 0 unspecified atom stereocenters. The molecule has 0 aliphatic heterocycles. The number of pyridine rings is 1. The van der Waals surface area contributed by atoms with Gasteiger partial charge in [0.15, 0.2) is 0 Å². The molecular formula is C14H21N3. The number of nitrogens with zero attached hydrogens (tertiary/aromatic N) is 2. The van der Waals surface area contributed by atoms with Crippen molar-refractivity contribution in [1.29, 1.82) is 5.26 Å². The van der Waals surface area contributed by atoms with Crippen LogP contribution in [0.5, 0.6) is 0 Å². The summed E-state index contributed by atoms with van der Waals surface area (Å²) >= 11 is 0. The summed E-state index contributed by atoms with van der Waals surface area (Å²) < 4.78 is 0. The highest BCUT2D eigenvalue weighted by molar-refractivity contribution is 5.59. The molecule has 1 rings (SSSR count). The van der Waals surface area contributed by atoms with E-state index in [1.807, 2.05) is 19.9 Å². The van der Waals surface area contributed by atoms with E-state index < -0.39 is 0 Å². The molecule has 0 aromatic carbocycles. The average Bonchev–Trinajstić information content (AvgIpc) is 2.26. The lowest BCUT2D eigenvalue weighted by molar-refractivity contribution is 0.377.